The number of hydrogen-bond acceptors (Lipinski definition) is 8. The highest BCUT2D eigenvalue weighted by atomic mass is 32.1. The molecule has 2 aromatic heterocycles. The Morgan fingerprint density at radius 2 is 2.44 bits per heavy atom. The van der Waals surface area contributed by atoms with E-state index in [1.54, 1.807) is 22.1 Å². The van der Waals surface area contributed by atoms with Gasteiger partial charge in [-0.25, -0.2) is 15.4 Å². The third kappa shape index (κ3) is 4.08. The Labute approximate surface area is 160 Å². The first kappa shape index (κ1) is 19.2. The monoisotopic (exact) mass is 390 g/mol. The molecule has 10 heteroatoms. The maximum Gasteiger partial charge on any atom is 0.226 e. The maximum atomic E-state index is 10.1. The summed E-state index contributed by atoms with van der Waals surface area (Å²) in [5.74, 6) is 0.608. The van der Waals surface area contributed by atoms with Crippen molar-refractivity contribution in [2.45, 2.75) is 31.8 Å². The van der Waals surface area contributed by atoms with Gasteiger partial charge < -0.3 is 20.7 Å². The number of aliphatic imine (C=N–C) groups is 1. The zero-order chi connectivity index (χ0) is 19.4. The van der Waals surface area contributed by atoms with Crippen LogP contribution in [-0.4, -0.2) is 50.6 Å². The van der Waals surface area contributed by atoms with E-state index in [4.69, 9.17) is 10.5 Å². The molecule has 9 nitrogen and oxygen atoms in total. The lowest BCUT2D eigenvalue weighted by Gasteiger charge is -2.17. The predicted molar refractivity (Wildman–Crippen MR) is 105 cm³/mol. The lowest BCUT2D eigenvalue weighted by Crippen LogP contribution is -2.24. The van der Waals surface area contributed by atoms with Crippen molar-refractivity contribution in [1.29, 1.82) is 0 Å². The van der Waals surface area contributed by atoms with Crippen molar-refractivity contribution in [3.8, 4) is 0 Å². The van der Waals surface area contributed by atoms with Crippen LogP contribution in [0.2, 0.25) is 0 Å². The highest BCUT2D eigenvalue weighted by Crippen LogP contribution is 2.33. The molecule has 1 aliphatic rings. The Morgan fingerprint density at radius 3 is 3.07 bits per heavy atom. The summed E-state index contributed by atoms with van der Waals surface area (Å²) in [5, 5.41) is 25.6. The third-order valence-electron chi connectivity index (χ3n) is 4.19. The number of imidazole rings is 1. The molecule has 3 atom stereocenters. The fraction of sp³-hybridized carbons (Fsp3) is 0.353. The van der Waals surface area contributed by atoms with Crippen molar-refractivity contribution >= 4 is 29.3 Å². The van der Waals surface area contributed by atoms with Gasteiger partial charge in [-0.1, -0.05) is 12.6 Å². The molecule has 0 bridgehead atoms. The first-order valence-electron chi connectivity index (χ1n) is 8.35. The lowest BCUT2D eigenvalue weighted by molar-refractivity contribution is -0.0442. The molecule has 5 N–H and O–H groups in total. The van der Waals surface area contributed by atoms with E-state index in [2.05, 4.69) is 27.1 Å². The smallest absolute Gasteiger partial charge is 0.226 e. The summed E-state index contributed by atoms with van der Waals surface area (Å²) < 4.78 is 7.52. The Balaban J connectivity index is 1.93. The molecule has 2 unspecified atom stereocenters. The van der Waals surface area contributed by atoms with E-state index < -0.39 is 18.4 Å². The van der Waals surface area contributed by atoms with Gasteiger partial charge in [0, 0.05) is 17.5 Å². The van der Waals surface area contributed by atoms with Gasteiger partial charge in [0.15, 0.2) is 5.84 Å². The second-order valence-corrected chi connectivity index (χ2v) is 6.92. The molecule has 27 heavy (non-hydrogen) atoms. The summed E-state index contributed by atoms with van der Waals surface area (Å²) in [4.78, 5) is 9.46. The van der Waals surface area contributed by atoms with E-state index in [0.29, 0.717) is 23.8 Å². The average molecular weight is 390 g/mol. The zero-order valence-corrected chi connectivity index (χ0v) is 15.6. The Hall–Kier alpha value is -2.53. The second-order valence-electron chi connectivity index (χ2n) is 5.94. The molecule has 0 radical (unpaired) electrons. The zero-order valence-electron chi connectivity index (χ0n) is 14.8. The predicted octanol–water partition coefficient (Wildman–Crippen LogP) is 1.19. The molecule has 2 aromatic rings. The minimum Gasteiger partial charge on any atom is -0.394 e. The van der Waals surface area contributed by atoms with Crippen LogP contribution in [0.5, 0.6) is 0 Å². The molecule has 0 saturated carbocycles. The largest absolute Gasteiger partial charge is 0.394 e. The van der Waals surface area contributed by atoms with Crippen LogP contribution < -0.4 is 11.2 Å². The van der Waals surface area contributed by atoms with E-state index in [9.17, 15) is 10.2 Å². The van der Waals surface area contributed by atoms with Gasteiger partial charge in [-0.15, -0.1) is 11.3 Å². The number of hydrazone groups is 1. The molecule has 1 fully saturated rings. The molecule has 0 aromatic carbocycles. The number of nitrogens with two attached hydrogens (primary N) is 1. The second kappa shape index (κ2) is 8.44. The lowest BCUT2D eigenvalue weighted by atomic mass is 10.2. The summed E-state index contributed by atoms with van der Waals surface area (Å²) in [5.41, 5.74) is 10.0. The van der Waals surface area contributed by atoms with Crippen LogP contribution in [0.4, 0.5) is 5.95 Å². The van der Waals surface area contributed by atoms with Crippen LogP contribution in [0.25, 0.3) is 0 Å². The summed E-state index contributed by atoms with van der Waals surface area (Å²) in [7, 11) is 0. The molecule has 0 amide bonds. The fourth-order valence-corrected chi connectivity index (χ4v) is 3.49. The van der Waals surface area contributed by atoms with Crippen LogP contribution in [0.1, 0.15) is 28.9 Å². The maximum absolute atomic E-state index is 10.1. The standard InChI is InChI=1S/C17H22N6O3S/c1-3-19-16(18)15-10(2)23(14-7-12(25)13(9-24)26-14)17(21-15)22-20-8-11-5-4-6-27-11/h3-6,8,12-14,24-25H,1,7,9H2,2H3,(H2,18,19)(H,21,22)/b20-8+/t12-,13?,14?/m1/s1. The first-order chi connectivity index (χ1) is 13.0. The third-order valence-corrected chi connectivity index (χ3v) is 5.00. The highest BCUT2D eigenvalue weighted by molar-refractivity contribution is 7.11. The normalized spacial score (nSPS) is 23.2. The minimum atomic E-state index is -0.771. The number of aliphatic hydroxyl groups is 2. The first-order valence-corrected chi connectivity index (χ1v) is 9.23. The fourth-order valence-electron chi connectivity index (χ4n) is 2.90. The minimum absolute atomic E-state index is 0.212. The topological polar surface area (TPSA) is 130 Å². The summed E-state index contributed by atoms with van der Waals surface area (Å²) in [6.07, 6.45) is 1.39. The number of nitrogens with zero attached hydrogens (tertiary/aromatic N) is 4. The number of anilines is 1. The van der Waals surface area contributed by atoms with Crippen LogP contribution in [0.3, 0.4) is 0 Å². The van der Waals surface area contributed by atoms with Gasteiger partial charge in [0.05, 0.1) is 24.6 Å². The van der Waals surface area contributed by atoms with Crippen LogP contribution in [0.15, 0.2) is 40.4 Å². The molecule has 0 spiro atoms. The van der Waals surface area contributed by atoms with Gasteiger partial charge in [0.25, 0.3) is 0 Å². The quantitative estimate of drug-likeness (QED) is 0.319. The van der Waals surface area contributed by atoms with Crippen LogP contribution in [0, 0.1) is 6.92 Å². The van der Waals surface area contributed by atoms with Crippen molar-refractivity contribution in [3.63, 3.8) is 0 Å². The van der Waals surface area contributed by atoms with Crippen molar-refractivity contribution in [2.24, 2.45) is 15.8 Å². The number of aromatic nitrogens is 2. The average Bonchev–Trinajstić information content (AvgIpc) is 3.35. The highest BCUT2D eigenvalue weighted by Gasteiger charge is 2.37. The van der Waals surface area contributed by atoms with Gasteiger partial charge in [-0.2, -0.15) is 5.10 Å². The molecular weight excluding hydrogens is 368 g/mol. The number of rotatable bonds is 7. The molecule has 3 rings (SSSR count). The SMILES string of the molecule is C=CN=C(N)c1nc(N/N=C/c2cccs2)n(C2C[C@@H](O)C(CO)O2)c1C. The number of nitrogens with one attached hydrogen (secondary N) is 1. The number of thiophene rings is 1. The molecule has 144 valence electrons. The number of hydrogen-bond donors (Lipinski definition) is 4. The van der Waals surface area contributed by atoms with Gasteiger partial charge in [0.2, 0.25) is 5.95 Å². The molecule has 0 aliphatic carbocycles. The van der Waals surface area contributed by atoms with Crippen LogP contribution >= 0.6 is 11.3 Å². The van der Waals surface area contributed by atoms with Crippen LogP contribution in [-0.2, 0) is 4.74 Å². The van der Waals surface area contributed by atoms with Crippen molar-refractivity contribution in [1.82, 2.24) is 9.55 Å². The summed E-state index contributed by atoms with van der Waals surface area (Å²) in [6, 6.07) is 3.88. The number of amidine groups is 1. The molecule has 1 saturated heterocycles. The van der Waals surface area contributed by atoms with Crippen molar-refractivity contribution < 1.29 is 14.9 Å². The van der Waals surface area contributed by atoms with Gasteiger partial charge in [-0.05, 0) is 18.4 Å². The van der Waals surface area contributed by atoms with E-state index >= 15 is 0 Å². The van der Waals surface area contributed by atoms with E-state index in [0.717, 1.165) is 4.88 Å². The summed E-state index contributed by atoms with van der Waals surface area (Å²) in [6.45, 7) is 5.10. The van der Waals surface area contributed by atoms with Crippen molar-refractivity contribution in [3.05, 3.63) is 46.6 Å². The van der Waals surface area contributed by atoms with E-state index in [1.807, 2.05) is 24.4 Å². The van der Waals surface area contributed by atoms with E-state index in [1.165, 1.54) is 6.20 Å². The summed E-state index contributed by atoms with van der Waals surface area (Å²) >= 11 is 1.56. The molecule has 3 heterocycles. The Bertz CT molecular complexity index is 845. The number of ether oxygens (including phenoxy) is 1. The van der Waals surface area contributed by atoms with Gasteiger partial charge in [-0.3, -0.25) is 4.57 Å². The van der Waals surface area contributed by atoms with Gasteiger partial charge in [0.1, 0.15) is 18.0 Å². The van der Waals surface area contributed by atoms with E-state index in [-0.39, 0.29) is 12.4 Å². The van der Waals surface area contributed by atoms with Gasteiger partial charge >= 0.3 is 0 Å². The number of aliphatic hydroxyl groups excluding tert-OH is 2. The Morgan fingerprint density at radius 1 is 1.63 bits per heavy atom. The molecule has 1 aliphatic heterocycles. The Kier molecular flexibility index (Phi) is 6.01. The van der Waals surface area contributed by atoms with Crippen molar-refractivity contribution in [2.75, 3.05) is 12.0 Å². The molecular formula is C17H22N6O3S.